The summed E-state index contributed by atoms with van der Waals surface area (Å²) < 4.78 is 0.245. The van der Waals surface area contributed by atoms with Gasteiger partial charge < -0.3 is 0 Å². The van der Waals surface area contributed by atoms with Crippen LogP contribution in [0, 0.1) is 38.0 Å². The van der Waals surface area contributed by atoms with Crippen LogP contribution >= 0.6 is 21.6 Å². The second-order valence-corrected chi connectivity index (χ2v) is 10.1. The van der Waals surface area contributed by atoms with Crippen molar-refractivity contribution in [2.24, 2.45) is 17.8 Å². The Morgan fingerprint density at radius 2 is 1.54 bits per heavy atom. The molecule has 6 nitrogen and oxygen atoms in total. The normalized spacial score (nSPS) is 33.6. The van der Waals surface area contributed by atoms with Gasteiger partial charge in [0, 0.05) is 10.8 Å². The minimum atomic E-state index is -0.590. The molecule has 1 aromatic rings. The van der Waals surface area contributed by atoms with Gasteiger partial charge in [0.15, 0.2) is 0 Å². The van der Waals surface area contributed by atoms with Crippen LogP contribution in [0.15, 0.2) is 23.1 Å². The molecular formula is C16H18N2O4S2. The molecule has 0 aliphatic heterocycles. The highest BCUT2D eigenvalue weighted by Crippen LogP contribution is 2.63. The summed E-state index contributed by atoms with van der Waals surface area (Å²) in [6.45, 7) is 0. The molecular weight excluding hydrogens is 348 g/mol. The van der Waals surface area contributed by atoms with E-state index in [1.165, 1.54) is 61.5 Å². The Morgan fingerprint density at radius 3 is 2.04 bits per heavy atom. The third kappa shape index (κ3) is 2.90. The third-order valence-corrected chi connectivity index (χ3v) is 8.95. The van der Waals surface area contributed by atoms with Crippen molar-refractivity contribution in [3.8, 4) is 0 Å². The fraction of sp³-hybridized carbons (Fsp3) is 0.625. The summed E-state index contributed by atoms with van der Waals surface area (Å²) in [7, 11) is 3.21. The fourth-order valence-corrected chi connectivity index (χ4v) is 8.45. The molecule has 0 aromatic heterocycles. The first-order valence-corrected chi connectivity index (χ1v) is 10.4. The SMILES string of the molecule is O=[N+]([O-])c1ccc(SSC23CC4CC(CC(C4)C2)C3)c([N+](=O)[O-])c1. The molecule has 4 saturated carbocycles. The predicted octanol–water partition coefficient (Wildman–Crippen LogP) is 5.21. The van der Waals surface area contributed by atoms with Crippen LogP contribution in [0.5, 0.6) is 0 Å². The zero-order valence-corrected chi connectivity index (χ0v) is 14.7. The molecule has 1 aromatic carbocycles. The molecule has 24 heavy (non-hydrogen) atoms. The Bertz CT molecular complexity index is 674. The topological polar surface area (TPSA) is 86.3 Å². The monoisotopic (exact) mass is 366 g/mol. The standard InChI is InChI=1S/C16H18N2O4S2/c19-17(20)13-1-2-15(14(6-13)18(21)22)23-24-16-7-10-3-11(8-16)5-12(4-10)9-16/h1-2,6,10-12H,3-5,7-9H2. The molecule has 0 spiro atoms. The number of nitro benzene ring substituents is 2. The molecule has 5 rings (SSSR count). The van der Waals surface area contributed by atoms with E-state index in [-0.39, 0.29) is 16.1 Å². The summed E-state index contributed by atoms with van der Waals surface area (Å²) in [5.74, 6) is 2.49. The van der Waals surface area contributed by atoms with Crippen LogP contribution < -0.4 is 0 Å². The number of hydrogen-bond acceptors (Lipinski definition) is 6. The Hall–Kier alpha value is -1.28. The van der Waals surface area contributed by atoms with Crippen LogP contribution in [0.4, 0.5) is 11.4 Å². The Balaban J connectivity index is 1.54. The lowest BCUT2D eigenvalue weighted by Crippen LogP contribution is -2.48. The van der Waals surface area contributed by atoms with Crippen molar-refractivity contribution in [3.63, 3.8) is 0 Å². The first-order chi connectivity index (χ1) is 11.4. The fourth-order valence-electron chi connectivity index (χ4n) is 5.10. The van der Waals surface area contributed by atoms with Crippen molar-refractivity contribution in [2.45, 2.75) is 48.2 Å². The van der Waals surface area contributed by atoms with Crippen LogP contribution in [-0.4, -0.2) is 14.6 Å². The third-order valence-electron chi connectivity index (χ3n) is 5.64. The maximum absolute atomic E-state index is 11.3. The van der Waals surface area contributed by atoms with Crippen molar-refractivity contribution in [1.29, 1.82) is 0 Å². The van der Waals surface area contributed by atoms with E-state index in [1.807, 2.05) is 0 Å². The number of nitrogens with zero attached hydrogens (tertiary/aromatic N) is 2. The summed E-state index contributed by atoms with van der Waals surface area (Å²) in [5, 5.41) is 22.1. The average molecular weight is 366 g/mol. The van der Waals surface area contributed by atoms with Gasteiger partial charge >= 0.3 is 0 Å². The largest absolute Gasteiger partial charge is 0.290 e. The summed E-state index contributed by atoms with van der Waals surface area (Å²) in [6.07, 6.45) is 7.75. The van der Waals surface area contributed by atoms with Gasteiger partial charge in [-0.25, -0.2) is 0 Å². The van der Waals surface area contributed by atoms with Crippen molar-refractivity contribution < 1.29 is 9.85 Å². The number of benzene rings is 1. The van der Waals surface area contributed by atoms with Crippen molar-refractivity contribution in [1.82, 2.24) is 0 Å². The van der Waals surface area contributed by atoms with Gasteiger partial charge in [0.1, 0.15) is 0 Å². The van der Waals surface area contributed by atoms with Crippen LogP contribution in [0.3, 0.4) is 0 Å². The molecule has 4 bridgehead atoms. The summed E-state index contributed by atoms with van der Waals surface area (Å²) >= 11 is 0. The summed E-state index contributed by atoms with van der Waals surface area (Å²) in [5.41, 5.74) is -0.391. The van der Waals surface area contributed by atoms with Crippen LogP contribution in [0.25, 0.3) is 0 Å². The van der Waals surface area contributed by atoms with Crippen LogP contribution in [0.2, 0.25) is 0 Å². The van der Waals surface area contributed by atoms with Crippen molar-refractivity contribution in [3.05, 3.63) is 38.4 Å². The van der Waals surface area contributed by atoms with Crippen LogP contribution in [0.1, 0.15) is 38.5 Å². The maximum atomic E-state index is 11.3. The molecule has 0 N–H and O–H groups in total. The van der Waals surface area contributed by atoms with E-state index in [0.29, 0.717) is 4.90 Å². The van der Waals surface area contributed by atoms with Gasteiger partial charge in [0.05, 0.1) is 20.8 Å². The Morgan fingerprint density at radius 1 is 0.958 bits per heavy atom. The number of hydrogen-bond donors (Lipinski definition) is 0. The zero-order valence-electron chi connectivity index (χ0n) is 13.1. The zero-order chi connectivity index (χ0) is 16.9. The van der Waals surface area contributed by atoms with E-state index in [9.17, 15) is 20.2 Å². The minimum absolute atomic E-state index is 0.161. The van der Waals surface area contributed by atoms with Gasteiger partial charge in [0.2, 0.25) is 0 Å². The van der Waals surface area contributed by atoms with Gasteiger partial charge in [0.25, 0.3) is 11.4 Å². The Labute approximate surface area is 147 Å². The molecule has 4 fully saturated rings. The molecule has 0 atom stereocenters. The summed E-state index contributed by atoms with van der Waals surface area (Å²) in [4.78, 5) is 21.5. The molecule has 0 heterocycles. The average Bonchev–Trinajstić information content (AvgIpc) is 2.51. The smallest absolute Gasteiger partial charge is 0.258 e. The molecule has 8 heteroatoms. The van der Waals surface area contributed by atoms with Gasteiger partial charge in [-0.05, 0) is 73.1 Å². The number of rotatable bonds is 5. The highest BCUT2D eigenvalue weighted by molar-refractivity contribution is 8.77. The molecule has 0 saturated heterocycles. The maximum Gasteiger partial charge on any atom is 0.290 e. The van der Waals surface area contributed by atoms with Gasteiger partial charge in [-0.2, -0.15) is 0 Å². The highest BCUT2D eigenvalue weighted by Gasteiger charge is 2.51. The highest BCUT2D eigenvalue weighted by atomic mass is 33.1. The van der Waals surface area contributed by atoms with E-state index < -0.39 is 9.85 Å². The first kappa shape index (κ1) is 16.2. The molecule has 0 amide bonds. The molecule has 4 aliphatic carbocycles. The van der Waals surface area contributed by atoms with Gasteiger partial charge in [-0.3, -0.25) is 20.2 Å². The quantitative estimate of drug-likeness (QED) is 0.404. The van der Waals surface area contributed by atoms with E-state index in [0.717, 1.165) is 23.8 Å². The predicted molar refractivity (Wildman–Crippen MR) is 94.1 cm³/mol. The Kier molecular flexibility index (Phi) is 3.99. The van der Waals surface area contributed by atoms with Gasteiger partial charge in [-0.15, -0.1) is 0 Å². The number of nitro groups is 2. The van der Waals surface area contributed by atoms with Crippen molar-refractivity contribution >= 4 is 33.0 Å². The van der Waals surface area contributed by atoms with E-state index in [4.69, 9.17) is 0 Å². The van der Waals surface area contributed by atoms with Gasteiger partial charge in [-0.1, -0.05) is 10.8 Å². The van der Waals surface area contributed by atoms with Crippen LogP contribution in [-0.2, 0) is 0 Å². The second kappa shape index (κ2) is 5.91. The van der Waals surface area contributed by atoms with E-state index >= 15 is 0 Å². The second-order valence-electron chi connectivity index (χ2n) is 7.43. The lowest BCUT2D eigenvalue weighted by molar-refractivity contribution is -0.396. The lowest BCUT2D eigenvalue weighted by atomic mass is 9.56. The molecule has 0 radical (unpaired) electrons. The number of non-ortho nitro benzene ring substituents is 1. The first-order valence-electron chi connectivity index (χ1n) is 8.23. The molecule has 4 aliphatic rings. The van der Waals surface area contributed by atoms with E-state index in [1.54, 1.807) is 10.8 Å². The van der Waals surface area contributed by atoms with Crippen molar-refractivity contribution in [2.75, 3.05) is 0 Å². The molecule has 0 unspecified atom stereocenters. The summed E-state index contributed by atoms with van der Waals surface area (Å²) in [6, 6.07) is 3.95. The molecule has 128 valence electrons. The van der Waals surface area contributed by atoms with E-state index in [2.05, 4.69) is 0 Å². The minimum Gasteiger partial charge on any atom is -0.258 e. The lowest BCUT2D eigenvalue weighted by Gasteiger charge is -2.56.